The third kappa shape index (κ3) is 3.46. The molecular weight excluding hydrogens is 382 g/mol. The van der Waals surface area contributed by atoms with Crippen LogP contribution in [0, 0.1) is 3.57 Å². The molecule has 0 saturated heterocycles. The van der Waals surface area contributed by atoms with Crippen molar-refractivity contribution in [2.24, 2.45) is 0 Å². The number of Topliss-reactive ketones (excluding diaryl/α,β-unsaturated/α-hetero) is 1. The molecule has 0 fully saturated rings. The van der Waals surface area contributed by atoms with E-state index in [9.17, 15) is 4.79 Å². The van der Waals surface area contributed by atoms with Gasteiger partial charge in [-0.05, 0) is 52.4 Å². The van der Waals surface area contributed by atoms with Crippen LogP contribution in [0.5, 0.6) is 0 Å². The standard InChI is InChI=1S/C14H9Cl2IO/c15-11-4-1-10(13(16)8-11)7-14(18)9-2-5-12(17)6-3-9/h1-6,8H,7H2. The first-order chi connectivity index (χ1) is 8.56. The van der Waals surface area contributed by atoms with Crippen molar-refractivity contribution in [2.45, 2.75) is 6.42 Å². The van der Waals surface area contributed by atoms with Crippen LogP contribution in [0.2, 0.25) is 10.0 Å². The lowest BCUT2D eigenvalue weighted by molar-refractivity contribution is 0.0993. The molecule has 0 radical (unpaired) electrons. The monoisotopic (exact) mass is 390 g/mol. The Hall–Kier alpha value is -0.580. The summed E-state index contributed by atoms with van der Waals surface area (Å²) in [6.07, 6.45) is 0.288. The SMILES string of the molecule is O=C(Cc1ccc(Cl)cc1Cl)c1ccc(I)cc1. The first-order valence-electron chi connectivity index (χ1n) is 5.29. The average Bonchev–Trinajstić information content (AvgIpc) is 2.33. The lowest BCUT2D eigenvalue weighted by Crippen LogP contribution is -2.03. The van der Waals surface area contributed by atoms with Gasteiger partial charge in [0.05, 0.1) is 0 Å². The first-order valence-corrected chi connectivity index (χ1v) is 7.12. The molecule has 0 aliphatic heterocycles. The summed E-state index contributed by atoms with van der Waals surface area (Å²) in [7, 11) is 0. The fourth-order valence-corrected chi connectivity index (χ4v) is 2.41. The van der Waals surface area contributed by atoms with Crippen LogP contribution in [0.4, 0.5) is 0 Å². The molecule has 0 aliphatic carbocycles. The predicted octanol–water partition coefficient (Wildman–Crippen LogP) is 5.02. The summed E-state index contributed by atoms with van der Waals surface area (Å²) in [6.45, 7) is 0. The number of halogens is 3. The van der Waals surface area contributed by atoms with E-state index in [2.05, 4.69) is 22.6 Å². The van der Waals surface area contributed by atoms with Gasteiger partial charge >= 0.3 is 0 Å². The van der Waals surface area contributed by atoms with Crippen molar-refractivity contribution in [3.8, 4) is 0 Å². The van der Waals surface area contributed by atoms with Crippen molar-refractivity contribution in [3.05, 3.63) is 67.2 Å². The number of hydrogen-bond donors (Lipinski definition) is 0. The van der Waals surface area contributed by atoms with Crippen molar-refractivity contribution >= 4 is 51.6 Å². The lowest BCUT2D eigenvalue weighted by Gasteiger charge is -2.04. The number of carbonyl (C=O) groups is 1. The minimum atomic E-state index is 0.0515. The summed E-state index contributed by atoms with van der Waals surface area (Å²) in [5.74, 6) is 0.0515. The van der Waals surface area contributed by atoms with E-state index in [1.54, 1.807) is 18.2 Å². The number of carbonyl (C=O) groups excluding carboxylic acids is 1. The van der Waals surface area contributed by atoms with Crippen LogP contribution in [0.25, 0.3) is 0 Å². The lowest BCUT2D eigenvalue weighted by atomic mass is 10.0. The second kappa shape index (κ2) is 6.04. The summed E-state index contributed by atoms with van der Waals surface area (Å²) in [5, 5.41) is 1.10. The topological polar surface area (TPSA) is 17.1 Å². The summed E-state index contributed by atoms with van der Waals surface area (Å²) in [6, 6.07) is 12.7. The highest BCUT2D eigenvalue weighted by Crippen LogP contribution is 2.22. The zero-order valence-corrected chi connectivity index (χ0v) is 13.0. The maximum Gasteiger partial charge on any atom is 0.167 e. The maximum atomic E-state index is 12.1. The molecule has 0 spiro atoms. The molecule has 1 nitrogen and oxygen atoms in total. The second-order valence-electron chi connectivity index (χ2n) is 3.84. The fourth-order valence-electron chi connectivity index (χ4n) is 1.58. The minimum Gasteiger partial charge on any atom is -0.294 e. The normalized spacial score (nSPS) is 10.4. The van der Waals surface area contributed by atoms with Gasteiger partial charge in [0.1, 0.15) is 0 Å². The summed E-state index contributed by atoms with van der Waals surface area (Å²) in [4.78, 5) is 12.1. The van der Waals surface area contributed by atoms with Crippen LogP contribution in [0.15, 0.2) is 42.5 Å². The molecule has 2 aromatic rings. The number of hydrogen-bond acceptors (Lipinski definition) is 1. The highest BCUT2D eigenvalue weighted by atomic mass is 127. The molecule has 0 heterocycles. The quantitative estimate of drug-likeness (QED) is 0.531. The van der Waals surface area contributed by atoms with E-state index in [-0.39, 0.29) is 12.2 Å². The van der Waals surface area contributed by atoms with Gasteiger partial charge in [0, 0.05) is 25.6 Å². The third-order valence-corrected chi connectivity index (χ3v) is 3.84. The molecule has 0 aliphatic rings. The molecule has 4 heteroatoms. The van der Waals surface area contributed by atoms with Gasteiger partial charge in [-0.25, -0.2) is 0 Å². The van der Waals surface area contributed by atoms with Gasteiger partial charge in [0.2, 0.25) is 0 Å². The Labute approximate surface area is 129 Å². The van der Waals surface area contributed by atoms with Crippen LogP contribution >= 0.6 is 45.8 Å². The van der Waals surface area contributed by atoms with Crippen LogP contribution < -0.4 is 0 Å². The van der Waals surface area contributed by atoms with E-state index in [1.807, 2.05) is 24.3 Å². The highest BCUT2D eigenvalue weighted by Gasteiger charge is 2.09. The van der Waals surface area contributed by atoms with Crippen molar-refractivity contribution in [2.75, 3.05) is 0 Å². The molecule has 0 atom stereocenters. The van der Waals surface area contributed by atoms with Gasteiger partial charge in [-0.3, -0.25) is 4.79 Å². The Morgan fingerprint density at radius 3 is 2.33 bits per heavy atom. The minimum absolute atomic E-state index is 0.0515. The third-order valence-electron chi connectivity index (χ3n) is 2.53. The molecule has 0 amide bonds. The number of rotatable bonds is 3. The number of benzene rings is 2. The van der Waals surface area contributed by atoms with Gasteiger partial charge in [0.25, 0.3) is 0 Å². The molecule has 0 N–H and O–H groups in total. The summed E-state index contributed by atoms with van der Waals surface area (Å²) >= 11 is 14.1. The Balaban J connectivity index is 2.18. The van der Waals surface area contributed by atoms with E-state index in [4.69, 9.17) is 23.2 Å². The van der Waals surface area contributed by atoms with E-state index >= 15 is 0 Å². The largest absolute Gasteiger partial charge is 0.294 e. The van der Waals surface area contributed by atoms with E-state index < -0.39 is 0 Å². The molecule has 18 heavy (non-hydrogen) atoms. The molecule has 0 bridgehead atoms. The Morgan fingerprint density at radius 1 is 1.06 bits per heavy atom. The molecule has 0 unspecified atom stereocenters. The van der Waals surface area contributed by atoms with Crippen molar-refractivity contribution in [1.82, 2.24) is 0 Å². The maximum absolute atomic E-state index is 12.1. The molecule has 0 saturated carbocycles. The predicted molar refractivity (Wildman–Crippen MR) is 83.7 cm³/mol. The van der Waals surface area contributed by atoms with E-state index in [0.717, 1.165) is 9.13 Å². The number of ketones is 1. The Morgan fingerprint density at radius 2 is 1.72 bits per heavy atom. The van der Waals surface area contributed by atoms with Gasteiger partial charge in [-0.15, -0.1) is 0 Å². The molecule has 0 aromatic heterocycles. The molecule has 2 rings (SSSR count). The zero-order valence-electron chi connectivity index (χ0n) is 9.29. The summed E-state index contributed by atoms with van der Waals surface area (Å²) < 4.78 is 1.11. The van der Waals surface area contributed by atoms with E-state index in [0.29, 0.717) is 15.6 Å². The Bertz CT molecular complexity index is 579. The molecule has 2 aromatic carbocycles. The van der Waals surface area contributed by atoms with Crippen LogP contribution in [0.3, 0.4) is 0 Å². The first kappa shape index (κ1) is 13.8. The van der Waals surface area contributed by atoms with E-state index in [1.165, 1.54) is 0 Å². The van der Waals surface area contributed by atoms with Crippen molar-refractivity contribution in [1.29, 1.82) is 0 Å². The average molecular weight is 391 g/mol. The van der Waals surface area contributed by atoms with Crippen molar-refractivity contribution in [3.63, 3.8) is 0 Å². The van der Waals surface area contributed by atoms with Gasteiger partial charge in [0.15, 0.2) is 5.78 Å². The second-order valence-corrected chi connectivity index (χ2v) is 5.93. The fraction of sp³-hybridized carbons (Fsp3) is 0.0714. The summed E-state index contributed by atoms with van der Waals surface area (Å²) in [5.41, 5.74) is 1.49. The van der Waals surface area contributed by atoms with Crippen LogP contribution in [-0.2, 0) is 6.42 Å². The van der Waals surface area contributed by atoms with Gasteiger partial charge in [-0.1, -0.05) is 41.4 Å². The molecule has 92 valence electrons. The smallest absolute Gasteiger partial charge is 0.167 e. The van der Waals surface area contributed by atoms with Crippen molar-refractivity contribution < 1.29 is 4.79 Å². The van der Waals surface area contributed by atoms with Gasteiger partial charge < -0.3 is 0 Å². The van der Waals surface area contributed by atoms with Gasteiger partial charge in [-0.2, -0.15) is 0 Å². The molecular formula is C14H9Cl2IO. The zero-order chi connectivity index (χ0) is 13.1. The van der Waals surface area contributed by atoms with Crippen LogP contribution in [-0.4, -0.2) is 5.78 Å². The highest BCUT2D eigenvalue weighted by molar-refractivity contribution is 14.1. The van der Waals surface area contributed by atoms with Crippen LogP contribution in [0.1, 0.15) is 15.9 Å². The Kier molecular flexibility index (Phi) is 4.65.